The standard InChI is InChI=1S/C15H22ClNO/c1-10-6-11(2)12(3)17(8-10)15-5-4-13(9-18)7-14(15)16/h4-5,7,10-12,18H,6,8-9H2,1-3H3. The maximum atomic E-state index is 9.13. The number of hydrogen-bond acceptors (Lipinski definition) is 2. The van der Waals surface area contributed by atoms with Gasteiger partial charge < -0.3 is 10.0 Å². The molecule has 0 aliphatic carbocycles. The van der Waals surface area contributed by atoms with Crippen molar-refractivity contribution < 1.29 is 5.11 Å². The second kappa shape index (κ2) is 5.50. The van der Waals surface area contributed by atoms with Gasteiger partial charge in [0, 0.05) is 12.6 Å². The molecule has 100 valence electrons. The Labute approximate surface area is 115 Å². The Kier molecular flexibility index (Phi) is 4.18. The lowest BCUT2D eigenvalue weighted by atomic mass is 9.85. The van der Waals surface area contributed by atoms with E-state index in [1.54, 1.807) is 0 Å². The Morgan fingerprint density at radius 2 is 2.06 bits per heavy atom. The Morgan fingerprint density at radius 1 is 1.33 bits per heavy atom. The highest BCUT2D eigenvalue weighted by atomic mass is 35.5. The number of rotatable bonds is 2. The van der Waals surface area contributed by atoms with Crippen molar-refractivity contribution >= 4 is 17.3 Å². The molecule has 1 saturated heterocycles. The van der Waals surface area contributed by atoms with Crippen LogP contribution in [-0.4, -0.2) is 17.7 Å². The summed E-state index contributed by atoms with van der Waals surface area (Å²) in [6, 6.07) is 6.37. The molecule has 1 aromatic carbocycles. The molecule has 0 spiro atoms. The maximum Gasteiger partial charge on any atom is 0.0682 e. The molecule has 0 saturated carbocycles. The first kappa shape index (κ1) is 13.7. The summed E-state index contributed by atoms with van der Waals surface area (Å²) in [5.74, 6) is 1.38. The van der Waals surface area contributed by atoms with Gasteiger partial charge in [-0.25, -0.2) is 0 Å². The third-order valence-electron chi connectivity index (χ3n) is 4.10. The van der Waals surface area contributed by atoms with E-state index in [2.05, 4.69) is 25.7 Å². The minimum Gasteiger partial charge on any atom is -0.392 e. The van der Waals surface area contributed by atoms with Crippen LogP contribution in [0.3, 0.4) is 0 Å². The van der Waals surface area contributed by atoms with Crippen molar-refractivity contribution in [3.63, 3.8) is 0 Å². The molecular weight excluding hydrogens is 246 g/mol. The van der Waals surface area contributed by atoms with Gasteiger partial charge in [0.25, 0.3) is 0 Å². The van der Waals surface area contributed by atoms with E-state index < -0.39 is 0 Å². The zero-order valence-corrected chi connectivity index (χ0v) is 12.1. The Bertz CT molecular complexity index is 421. The van der Waals surface area contributed by atoms with Gasteiger partial charge >= 0.3 is 0 Å². The highest BCUT2D eigenvalue weighted by Crippen LogP contribution is 2.35. The second-order valence-corrected chi connectivity index (χ2v) is 6.06. The highest BCUT2D eigenvalue weighted by Gasteiger charge is 2.29. The quantitative estimate of drug-likeness (QED) is 0.883. The fraction of sp³-hybridized carbons (Fsp3) is 0.600. The van der Waals surface area contributed by atoms with Crippen LogP contribution in [0.4, 0.5) is 5.69 Å². The van der Waals surface area contributed by atoms with Crippen LogP contribution in [0.1, 0.15) is 32.8 Å². The number of aliphatic hydroxyl groups is 1. The first-order valence-electron chi connectivity index (χ1n) is 6.68. The van der Waals surface area contributed by atoms with E-state index in [0.717, 1.165) is 22.8 Å². The molecule has 0 bridgehead atoms. The molecule has 2 rings (SSSR count). The van der Waals surface area contributed by atoms with Gasteiger partial charge in [0.2, 0.25) is 0 Å². The lowest BCUT2D eigenvalue weighted by Gasteiger charge is -2.43. The molecule has 3 heteroatoms. The number of halogens is 1. The van der Waals surface area contributed by atoms with Gasteiger partial charge in [-0.2, -0.15) is 0 Å². The van der Waals surface area contributed by atoms with Gasteiger partial charge in [-0.3, -0.25) is 0 Å². The van der Waals surface area contributed by atoms with E-state index in [-0.39, 0.29) is 6.61 Å². The number of hydrogen-bond donors (Lipinski definition) is 1. The minimum absolute atomic E-state index is 0.0440. The number of benzene rings is 1. The average molecular weight is 268 g/mol. The zero-order chi connectivity index (χ0) is 13.3. The van der Waals surface area contributed by atoms with Gasteiger partial charge in [-0.1, -0.05) is 31.5 Å². The number of anilines is 1. The average Bonchev–Trinajstić information content (AvgIpc) is 2.34. The van der Waals surface area contributed by atoms with Crippen molar-refractivity contribution in [2.45, 2.75) is 39.8 Å². The minimum atomic E-state index is 0.0440. The first-order valence-corrected chi connectivity index (χ1v) is 7.06. The fourth-order valence-electron chi connectivity index (χ4n) is 2.91. The van der Waals surface area contributed by atoms with Gasteiger partial charge in [0.1, 0.15) is 0 Å². The Hall–Kier alpha value is -0.730. The van der Waals surface area contributed by atoms with Crippen LogP contribution in [0.25, 0.3) is 0 Å². The Balaban J connectivity index is 2.29. The fourth-order valence-corrected chi connectivity index (χ4v) is 3.23. The SMILES string of the molecule is CC1CC(C)C(C)N(c2ccc(CO)cc2Cl)C1. The van der Waals surface area contributed by atoms with Crippen molar-refractivity contribution in [2.75, 3.05) is 11.4 Å². The van der Waals surface area contributed by atoms with Crippen molar-refractivity contribution in [2.24, 2.45) is 11.8 Å². The molecule has 3 atom stereocenters. The lowest BCUT2D eigenvalue weighted by Crippen LogP contribution is -2.46. The molecule has 1 aliphatic rings. The summed E-state index contributed by atoms with van der Waals surface area (Å²) in [5, 5.41) is 9.87. The molecular formula is C15H22ClNO. The normalized spacial score (nSPS) is 28.5. The summed E-state index contributed by atoms with van der Waals surface area (Å²) in [6.07, 6.45) is 1.28. The van der Waals surface area contributed by atoms with Crippen LogP contribution < -0.4 is 4.90 Å². The van der Waals surface area contributed by atoms with E-state index in [1.807, 2.05) is 18.2 Å². The van der Waals surface area contributed by atoms with Crippen molar-refractivity contribution in [3.8, 4) is 0 Å². The predicted molar refractivity (Wildman–Crippen MR) is 77.1 cm³/mol. The summed E-state index contributed by atoms with van der Waals surface area (Å²) in [4.78, 5) is 2.41. The van der Waals surface area contributed by atoms with E-state index in [1.165, 1.54) is 6.42 Å². The van der Waals surface area contributed by atoms with Gasteiger partial charge in [-0.15, -0.1) is 0 Å². The smallest absolute Gasteiger partial charge is 0.0682 e. The molecule has 0 aromatic heterocycles. The van der Waals surface area contributed by atoms with Crippen LogP contribution in [-0.2, 0) is 6.61 Å². The highest BCUT2D eigenvalue weighted by molar-refractivity contribution is 6.33. The van der Waals surface area contributed by atoms with E-state index in [0.29, 0.717) is 17.9 Å². The molecule has 0 amide bonds. The molecule has 1 aromatic rings. The topological polar surface area (TPSA) is 23.5 Å². The Morgan fingerprint density at radius 3 is 2.67 bits per heavy atom. The van der Waals surface area contributed by atoms with Crippen molar-refractivity contribution in [3.05, 3.63) is 28.8 Å². The zero-order valence-electron chi connectivity index (χ0n) is 11.4. The lowest BCUT2D eigenvalue weighted by molar-refractivity contribution is 0.281. The second-order valence-electron chi connectivity index (χ2n) is 5.66. The molecule has 1 heterocycles. The van der Waals surface area contributed by atoms with Crippen LogP contribution in [0, 0.1) is 11.8 Å². The summed E-state index contributed by atoms with van der Waals surface area (Å²) in [7, 11) is 0. The number of nitrogens with zero attached hydrogens (tertiary/aromatic N) is 1. The van der Waals surface area contributed by atoms with E-state index in [4.69, 9.17) is 16.7 Å². The predicted octanol–water partition coefficient (Wildman–Crippen LogP) is 3.70. The molecule has 18 heavy (non-hydrogen) atoms. The summed E-state index contributed by atoms with van der Waals surface area (Å²) < 4.78 is 0. The number of piperidine rings is 1. The first-order chi connectivity index (χ1) is 8.52. The maximum absolute atomic E-state index is 9.13. The van der Waals surface area contributed by atoms with E-state index in [9.17, 15) is 0 Å². The molecule has 1 N–H and O–H groups in total. The third kappa shape index (κ3) is 2.65. The monoisotopic (exact) mass is 267 g/mol. The van der Waals surface area contributed by atoms with Gasteiger partial charge in [0.15, 0.2) is 0 Å². The van der Waals surface area contributed by atoms with Crippen LogP contribution in [0.5, 0.6) is 0 Å². The molecule has 2 nitrogen and oxygen atoms in total. The molecule has 3 unspecified atom stereocenters. The van der Waals surface area contributed by atoms with Crippen molar-refractivity contribution in [1.29, 1.82) is 0 Å². The molecule has 1 aliphatic heterocycles. The largest absolute Gasteiger partial charge is 0.392 e. The third-order valence-corrected chi connectivity index (χ3v) is 4.40. The van der Waals surface area contributed by atoms with Gasteiger partial charge in [0.05, 0.1) is 17.3 Å². The van der Waals surface area contributed by atoms with Crippen LogP contribution >= 0.6 is 11.6 Å². The number of aliphatic hydroxyl groups excluding tert-OH is 1. The van der Waals surface area contributed by atoms with Crippen molar-refractivity contribution in [1.82, 2.24) is 0 Å². The summed E-state index contributed by atoms with van der Waals surface area (Å²) >= 11 is 6.35. The van der Waals surface area contributed by atoms with E-state index >= 15 is 0 Å². The summed E-state index contributed by atoms with van der Waals surface area (Å²) in [5.41, 5.74) is 1.97. The van der Waals surface area contributed by atoms with Crippen LogP contribution in [0.2, 0.25) is 5.02 Å². The summed E-state index contributed by atoms with van der Waals surface area (Å²) in [6.45, 7) is 7.98. The molecule has 1 fully saturated rings. The molecule has 0 radical (unpaired) electrons. The van der Waals surface area contributed by atoms with Crippen LogP contribution in [0.15, 0.2) is 18.2 Å². The van der Waals surface area contributed by atoms with Gasteiger partial charge in [-0.05, 0) is 42.9 Å².